The molecule has 4 atom stereocenters. The van der Waals surface area contributed by atoms with Crippen LogP contribution in [0.2, 0.25) is 0 Å². The zero-order valence-electron chi connectivity index (χ0n) is 34.9. The van der Waals surface area contributed by atoms with Crippen LogP contribution >= 0.6 is 0 Å². The van der Waals surface area contributed by atoms with Gasteiger partial charge in [0.05, 0.1) is 30.0 Å². The number of furan rings is 3. The van der Waals surface area contributed by atoms with Gasteiger partial charge in [0, 0.05) is 50.7 Å². The number of fused-ring (bicyclic) bond motifs is 6. The molecule has 3 aromatic carbocycles. The molecule has 4 unspecified atom stereocenters. The number of ether oxygens (including phenoxy) is 7. The van der Waals surface area contributed by atoms with Gasteiger partial charge < -0.3 is 60.4 Å². The molecule has 8 aromatic rings. The minimum Gasteiger partial charge on any atom is -0.483 e. The zero-order valence-corrected chi connectivity index (χ0v) is 34.9. The van der Waals surface area contributed by atoms with Crippen LogP contribution in [0.15, 0.2) is 129 Å². The first kappa shape index (κ1) is 40.3. The van der Waals surface area contributed by atoms with Crippen molar-refractivity contribution in [2.75, 3.05) is 19.8 Å². The predicted molar refractivity (Wildman–Crippen MR) is 229 cm³/mol. The van der Waals surface area contributed by atoms with Crippen LogP contribution in [0.4, 0.5) is 0 Å². The van der Waals surface area contributed by atoms with Crippen LogP contribution in [0.1, 0.15) is 40.2 Å². The Morgan fingerprint density at radius 1 is 0.746 bits per heavy atom. The van der Waals surface area contributed by atoms with Crippen molar-refractivity contribution in [3.05, 3.63) is 124 Å². The van der Waals surface area contributed by atoms with Gasteiger partial charge in [-0.25, -0.2) is 9.59 Å². The monoisotopic (exact) mass is 858 g/mol. The van der Waals surface area contributed by atoms with E-state index in [1.54, 1.807) is 57.2 Å². The number of rotatable bonds is 13. The Bertz CT molecular complexity index is 3230. The highest BCUT2D eigenvalue weighted by molar-refractivity contribution is 6.01. The Labute approximate surface area is 357 Å². The first-order chi connectivity index (χ1) is 30.2. The van der Waals surface area contributed by atoms with Gasteiger partial charge in [-0.05, 0) is 94.8 Å². The Kier molecular flexibility index (Phi) is 9.56. The molecule has 7 heterocycles. The average molecular weight is 859 g/mol. The van der Waals surface area contributed by atoms with E-state index < -0.39 is 46.7 Å². The van der Waals surface area contributed by atoms with E-state index in [9.17, 15) is 14.7 Å². The fraction of sp³-hybridized carbons (Fsp3) is 0.292. The number of aliphatic hydroxyl groups is 1. The second-order valence-electron chi connectivity index (χ2n) is 16.8. The fourth-order valence-electron chi connectivity index (χ4n) is 7.84. The Hall–Kier alpha value is -6.78. The van der Waals surface area contributed by atoms with Crippen molar-refractivity contribution in [2.45, 2.75) is 70.1 Å². The SMILES string of the molecule is C=C(C)C(COc1c2occc2cc2ccc(=O)oc12)OC(C)(C)C(O)COc1c2c(cc3ccoc13)C=CC1(O2)OC(COc2c3occc3cc3ccc(=O)oc23)C(C)(C)O1. The van der Waals surface area contributed by atoms with E-state index in [2.05, 4.69) is 6.58 Å². The summed E-state index contributed by atoms with van der Waals surface area (Å²) in [6, 6.07) is 17.0. The van der Waals surface area contributed by atoms with Gasteiger partial charge >= 0.3 is 17.2 Å². The maximum atomic E-state index is 12.2. The molecule has 1 saturated heterocycles. The summed E-state index contributed by atoms with van der Waals surface area (Å²) >= 11 is 0. The summed E-state index contributed by atoms with van der Waals surface area (Å²) in [5.41, 5.74) is -0.287. The molecular weight excluding hydrogens is 817 g/mol. The molecule has 1 N–H and O–H groups in total. The third-order valence-corrected chi connectivity index (χ3v) is 11.4. The van der Waals surface area contributed by atoms with Gasteiger partial charge in [-0.3, -0.25) is 0 Å². The van der Waals surface area contributed by atoms with E-state index >= 15 is 0 Å². The van der Waals surface area contributed by atoms with Crippen molar-refractivity contribution >= 4 is 60.9 Å². The molecule has 0 radical (unpaired) electrons. The van der Waals surface area contributed by atoms with Crippen LogP contribution in [0.3, 0.4) is 0 Å². The van der Waals surface area contributed by atoms with E-state index in [4.69, 9.17) is 55.2 Å². The summed E-state index contributed by atoms with van der Waals surface area (Å²) in [5, 5.41) is 15.3. The molecule has 0 amide bonds. The Balaban J connectivity index is 0.863. The average Bonchev–Trinajstić information content (AvgIpc) is 4.06. The lowest BCUT2D eigenvalue weighted by Crippen LogP contribution is -2.46. The topological polar surface area (TPSA) is 185 Å². The van der Waals surface area contributed by atoms with E-state index in [0.29, 0.717) is 38.7 Å². The molecular formula is C48H42O15. The normalized spacial score (nSPS) is 19.2. The molecule has 15 heteroatoms. The molecule has 2 aliphatic heterocycles. The third-order valence-electron chi connectivity index (χ3n) is 11.4. The fourth-order valence-corrected chi connectivity index (χ4v) is 7.84. The molecule has 0 aliphatic carbocycles. The van der Waals surface area contributed by atoms with Crippen LogP contribution in [-0.4, -0.2) is 60.4 Å². The van der Waals surface area contributed by atoms with E-state index in [1.165, 1.54) is 30.9 Å². The lowest BCUT2D eigenvalue weighted by molar-refractivity contribution is -0.271. The lowest BCUT2D eigenvalue weighted by atomic mass is 10.0. The molecule has 15 nitrogen and oxygen atoms in total. The first-order valence-electron chi connectivity index (χ1n) is 20.3. The van der Waals surface area contributed by atoms with Crippen molar-refractivity contribution in [3.63, 3.8) is 0 Å². The van der Waals surface area contributed by atoms with Crippen LogP contribution in [-0.2, 0) is 14.2 Å². The molecule has 63 heavy (non-hydrogen) atoms. The molecule has 10 rings (SSSR count). The summed E-state index contributed by atoms with van der Waals surface area (Å²) in [7, 11) is 0. The minimum absolute atomic E-state index is 0.0318. The van der Waals surface area contributed by atoms with Crippen molar-refractivity contribution in [2.24, 2.45) is 0 Å². The van der Waals surface area contributed by atoms with E-state index in [-0.39, 0.29) is 54.0 Å². The molecule has 324 valence electrons. The molecule has 2 aliphatic rings. The van der Waals surface area contributed by atoms with Gasteiger partial charge in [0.25, 0.3) is 0 Å². The highest BCUT2D eigenvalue weighted by atomic mass is 16.9. The van der Waals surface area contributed by atoms with Crippen LogP contribution in [0.5, 0.6) is 23.0 Å². The smallest absolute Gasteiger partial charge is 0.350 e. The van der Waals surface area contributed by atoms with Crippen molar-refractivity contribution in [1.29, 1.82) is 0 Å². The summed E-state index contributed by atoms with van der Waals surface area (Å²) in [5.74, 6) is -0.735. The number of benzene rings is 3. The maximum Gasteiger partial charge on any atom is 0.350 e. The molecule has 0 bridgehead atoms. The van der Waals surface area contributed by atoms with E-state index in [0.717, 1.165) is 16.2 Å². The van der Waals surface area contributed by atoms with Crippen LogP contribution < -0.4 is 30.2 Å². The zero-order chi connectivity index (χ0) is 43.8. The van der Waals surface area contributed by atoms with Gasteiger partial charge in [0.15, 0.2) is 33.7 Å². The van der Waals surface area contributed by atoms with Gasteiger partial charge in [-0.1, -0.05) is 6.58 Å². The van der Waals surface area contributed by atoms with Crippen molar-refractivity contribution in [3.8, 4) is 23.0 Å². The van der Waals surface area contributed by atoms with Gasteiger partial charge in [0.2, 0.25) is 17.2 Å². The first-order valence-corrected chi connectivity index (χ1v) is 20.3. The Morgan fingerprint density at radius 3 is 1.89 bits per heavy atom. The molecule has 5 aromatic heterocycles. The number of hydrogen-bond donors (Lipinski definition) is 1. The summed E-state index contributed by atoms with van der Waals surface area (Å²) in [6.07, 6.45) is 5.44. The van der Waals surface area contributed by atoms with Gasteiger partial charge in [0.1, 0.15) is 38.1 Å². The van der Waals surface area contributed by atoms with Gasteiger partial charge in [-0.15, -0.1) is 0 Å². The van der Waals surface area contributed by atoms with Crippen LogP contribution in [0, 0.1) is 0 Å². The quantitative estimate of drug-likeness (QED) is 0.0855. The molecule has 1 fully saturated rings. The van der Waals surface area contributed by atoms with Crippen LogP contribution in [0.25, 0.3) is 60.9 Å². The second kappa shape index (κ2) is 14.9. The van der Waals surface area contributed by atoms with Crippen molar-refractivity contribution < 1.29 is 60.4 Å². The molecule has 0 saturated carbocycles. The maximum absolute atomic E-state index is 12.2. The predicted octanol–water partition coefficient (Wildman–Crippen LogP) is 9.03. The van der Waals surface area contributed by atoms with Gasteiger partial charge in [-0.2, -0.15) is 0 Å². The highest BCUT2D eigenvalue weighted by Crippen LogP contribution is 2.49. The van der Waals surface area contributed by atoms with Crippen molar-refractivity contribution in [1.82, 2.24) is 0 Å². The Morgan fingerprint density at radius 2 is 1.29 bits per heavy atom. The summed E-state index contributed by atoms with van der Waals surface area (Å²) in [6.45, 7) is 12.7. The highest BCUT2D eigenvalue weighted by Gasteiger charge is 2.55. The lowest BCUT2D eigenvalue weighted by Gasteiger charge is -2.35. The number of aliphatic hydroxyl groups excluding tert-OH is 1. The van der Waals surface area contributed by atoms with E-state index in [1.807, 2.05) is 38.1 Å². The standard InChI is InChI=1S/C48H42O15/c1-25(2)32(22-55-43-37-29(12-16-52-37)19-26-7-9-35(50)58-40(26)43)60-46(3,4)33(49)23-56-45-39-31(14-18-54-39)21-28-11-15-48(62-42(28)45)61-34(47(5,6)63-48)24-57-44-38-30(13-17-53-38)20-27-8-10-36(51)59-41(27)44/h7-21,32-34,49H,1,22-24H2,2-6H3. The summed E-state index contributed by atoms with van der Waals surface area (Å²) in [4.78, 5) is 24.4. The number of hydrogen-bond acceptors (Lipinski definition) is 15. The minimum atomic E-state index is -1.71. The second-order valence-corrected chi connectivity index (χ2v) is 16.8. The molecule has 1 spiro atoms. The third kappa shape index (κ3) is 7.22. The largest absolute Gasteiger partial charge is 0.483 e. The summed E-state index contributed by atoms with van der Waals surface area (Å²) < 4.78 is 73.5.